The van der Waals surface area contributed by atoms with Crippen LogP contribution in [0.1, 0.15) is 25.3 Å². The molecule has 0 radical (unpaired) electrons. The predicted octanol–water partition coefficient (Wildman–Crippen LogP) is 2.83. The highest BCUT2D eigenvalue weighted by molar-refractivity contribution is 5.71. The summed E-state index contributed by atoms with van der Waals surface area (Å²) in [6, 6.07) is 4.57. The zero-order chi connectivity index (χ0) is 12.8. The van der Waals surface area contributed by atoms with E-state index in [1.165, 1.54) is 24.4 Å². The lowest BCUT2D eigenvalue weighted by molar-refractivity contribution is 0.416. The van der Waals surface area contributed by atoms with Gasteiger partial charge in [0, 0.05) is 25.4 Å². The molecule has 3 nitrogen and oxygen atoms in total. The summed E-state index contributed by atoms with van der Waals surface area (Å²) in [5.74, 6) is 0.474. The van der Waals surface area contributed by atoms with Crippen molar-refractivity contribution in [3.63, 3.8) is 0 Å². The predicted molar refractivity (Wildman–Crippen MR) is 67.8 cm³/mol. The van der Waals surface area contributed by atoms with E-state index < -0.39 is 0 Å². The summed E-state index contributed by atoms with van der Waals surface area (Å²) in [5.41, 5.74) is 6.47. The van der Waals surface area contributed by atoms with Crippen molar-refractivity contribution in [3.8, 4) is 5.75 Å². The SMILES string of the molecule is CN=CC=C(N)Oc1cc(F)cc(C(C)C)c1. The second kappa shape index (κ2) is 6.03. The maximum Gasteiger partial charge on any atom is 0.192 e. The molecular weight excluding hydrogens is 219 g/mol. The number of aliphatic imine (C=N–C) groups is 1. The number of ether oxygens (including phenoxy) is 1. The van der Waals surface area contributed by atoms with Crippen LogP contribution in [0.4, 0.5) is 4.39 Å². The van der Waals surface area contributed by atoms with Crippen LogP contribution in [0.15, 0.2) is 35.2 Å². The minimum Gasteiger partial charge on any atom is -0.441 e. The Bertz CT molecular complexity index is 439. The molecule has 0 aliphatic rings. The lowest BCUT2D eigenvalue weighted by Gasteiger charge is -2.10. The molecule has 0 amide bonds. The summed E-state index contributed by atoms with van der Waals surface area (Å²) >= 11 is 0. The number of halogens is 1. The molecule has 0 bridgehead atoms. The van der Waals surface area contributed by atoms with Crippen LogP contribution in [0, 0.1) is 5.82 Å². The molecule has 92 valence electrons. The Morgan fingerprint density at radius 1 is 1.41 bits per heavy atom. The number of hydrogen-bond acceptors (Lipinski definition) is 3. The molecule has 1 aromatic rings. The average Bonchev–Trinajstić information content (AvgIpc) is 2.25. The first kappa shape index (κ1) is 13.2. The van der Waals surface area contributed by atoms with Gasteiger partial charge in [0.25, 0.3) is 0 Å². The third kappa shape index (κ3) is 4.26. The van der Waals surface area contributed by atoms with Crippen LogP contribution in [0.5, 0.6) is 5.75 Å². The van der Waals surface area contributed by atoms with E-state index in [1.807, 2.05) is 13.8 Å². The van der Waals surface area contributed by atoms with E-state index in [1.54, 1.807) is 13.1 Å². The van der Waals surface area contributed by atoms with Gasteiger partial charge in [-0.1, -0.05) is 13.8 Å². The van der Waals surface area contributed by atoms with Gasteiger partial charge in [-0.25, -0.2) is 4.39 Å². The van der Waals surface area contributed by atoms with Gasteiger partial charge in [-0.05, 0) is 23.6 Å². The monoisotopic (exact) mass is 236 g/mol. The van der Waals surface area contributed by atoms with E-state index >= 15 is 0 Å². The molecule has 0 saturated heterocycles. The number of benzene rings is 1. The average molecular weight is 236 g/mol. The van der Waals surface area contributed by atoms with Crippen molar-refractivity contribution in [2.75, 3.05) is 7.05 Å². The van der Waals surface area contributed by atoms with E-state index in [9.17, 15) is 4.39 Å². The highest BCUT2D eigenvalue weighted by atomic mass is 19.1. The lowest BCUT2D eigenvalue weighted by atomic mass is 10.0. The largest absolute Gasteiger partial charge is 0.441 e. The van der Waals surface area contributed by atoms with Crippen molar-refractivity contribution in [3.05, 3.63) is 41.5 Å². The van der Waals surface area contributed by atoms with Gasteiger partial charge in [-0.2, -0.15) is 0 Å². The van der Waals surface area contributed by atoms with E-state index in [0.29, 0.717) is 5.75 Å². The molecular formula is C13H17FN2O. The van der Waals surface area contributed by atoms with Crippen molar-refractivity contribution in [2.45, 2.75) is 19.8 Å². The van der Waals surface area contributed by atoms with Gasteiger partial charge in [-0.3, -0.25) is 4.99 Å². The van der Waals surface area contributed by atoms with Crippen LogP contribution in [-0.2, 0) is 0 Å². The number of rotatable bonds is 4. The second-order valence-corrected chi connectivity index (χ2v) is 3.95. The van der Waals surface area contributed by atoms with Crippen LogP contribution in [0.25, 0.3) is 0 Å². The van der Waals surface area contributed by atoms with Gasteiger partial charge >= 0.3 is 0 Å². The molecule has 4 heteroatoms. The molecule has 1 aromatic carbocycles. The zero-order valence-electron chi connectivity index (χ0n) is 10.3. The Hall–Kier alpha value is -1.84. The molecule has 0 atom stereocenters. The molecule has 0 saturated carbocycles. The van der Waals surface area contributed by atoms with E-state index in [-0.39, 0.29) is 17.6 Å². The molecule has 0 aromatic heterocycles. The summed E-state index contributed by atoms with van der Waals surface area (Å²) < 4.78 is 18.6. The van der Waals surface area contributed by atoms with Crippen LogP contribution in [0.2, 0.25) is 0 Å². The fourth-order valence-corrected chi connectivity index (χ4v) is 1.29. The van der Waals surface area contributed by atoms with Gasteiger partial charge in [0.1, 0.15) is 11.6 Å². The molecule has 0 unspecified atom stereocenters. The fraction of sp³-hybridized carbons (Fsp3) is 0.308. The Balaban J connectivity index is 2.91. The molecule has 0 spiro atoms. The molecule has 0 heterocycles. The van der Waals surface area contributed by atoms with Gasteiger partial charge in [-0.15, -0.1) is 0 Å². The normalized spacial score (nSPS) is 12.4. The second-order valence-electron chi connectivity index (χ2n) is 3.95. The Morgan fingerprint density at radius 2 is 2.12 bits per heavy atom. The highest BCUT2D eigenvalue weighted by Crippen LogP contribution is 2.23. The highest BCUT2D eigenvalue weighted by Gasteiger charge is 2.05. The van der Waals surface area contributed by atoms with Gasteiger partial charge in [0.05, 0.1) is 0 Å². The van der Waals surface area contributed by atoms with Crippen molar-refractivity contribution in [1.29, 1.82) is 0 Å². The van der Waals surface area contributed by atoms with Crippen LogP contribution in [-0.4, -0.2) is 13.3 Å². The molecule has 0 aliphatic heterocycles. The lowest BCUT2D eigenvalue weighted by Crippen LogP contribution is -2.06. The van der Waals surface area contributed by atoms with Crippen molar-refractivity contribution >= 4 is 6.21 Å². The topological polar surface area (TPSA) is 47.6 Å². The first-order chi connectivity index (χ1) is 8.02. The van der Waals surface area contributed by atoms with E-state index in [4.69, 9.17) is 10.5 Å². The van der Waals surface area contributed by atoms with E-state index in [2.05, 4.69) is 4.99 Å². The zero-order valence-corrected chi connectivity index (χ0v) is 10.3. The number of hydrogen-bond donors (Lipinski definition) is 1. The smallest absolute Gasteiger partial charge is 0.192 e. The molecule has 0 aliphatic carbocycles. The number of allylic oxidation sites excluding steroid dienone is 1. The summed E-state index contributed by atoms with van der Waals surface area (Å²) in [5, 5.41) is 0. The van der Waals surface area contributed by atoms with Gasteiger partial charge in [0.2, 0.25) is 0 Å². The molecule has 0 fully saturated rings. The fourth-order valence-electron chi connectivity index (χ4n) is 1.29. The minimum absolute atomic E-state index is 0.177. The Labute approximate surface area is 101 Å². The number of nitrogens with two attached hydrogens (primary N) is 1. The molecule has 1 rings (SSSR count). The van der Waals surface area contributed by atoms with Gasteiger partial charge < -0.3 is 10.5 Å². The van der Waals surface area contributed by atoms with E-state index in [0.717, 1.165) is 5.56 Å². The summed E-state index contributed by atoms with van der Waals surface area (Å²) in [4.78, 5) is 3.75. The first-order valence-electron chi connectivity index (χ1n) is 5.39. The maximum atomic E-state index is 13.3. The van der Waals surface area contributed by atoms with Crippen molar-refractivity contribution in [1.82, 2.24) is 0 Å². The molecule has 2 N–H and O–H groups in total. The molecule has 17 heavy (non-hydrogen) atoms. The Morgan fingerprint density at radius 3 is 2.71 bits per heavy atom. The summed E-state index contributed by atoms with van der Waals surface area (Å²) in [6.45, 7) is 3.98. The maximum absolute atomic E-state index is 13.3. The number of nitrogens with zero attached hydrogens (tertiary/aromatic N) is 1. The Kier molecular flexibility index (Phi) is 4.69. The van der Waals surface area contributed by atoms with Crippen LogP contribution < -0.4 is 10.5 Å². The van der Waals surface area contributed by atoms with Crippen LogP contribution in [0.3, 0.4) is 0 Å². The summed E-state index contributed by atoms with van der Waals surface area (Å²) in [6.07, 6.45) is 3.03. The van der Waals surface area contributed by atoms with Crippen molar-refractivity contribution in [2.24, 2.45) is 10.7 Å². The standard InChI is InChI=1S/C13H17FN2O/c1-9(2)10-6-11(14)8-12(7-10)17-13(15)4-5-16-3/h4-9H,15H2,1-3H3. The van der Waals surface area contributed by atoms with Crippen LogP contribution >= 0.6 is 0 Å². The first-order valence-corrected chi connectivity index (χ1v) is 5.39. The summed E-state index contributed by atoms with van der Waals surface area (Å²) in [7, 11) is 1.63. The third-order valence-corrected chi connectivity index (χ3v) is 2.18. The van der Waals surface area contributed by atoms with Gasteiger partial charge in [0.15, 0.2) is 5.88 Å². The third-order valence-electron chi connectivity index (χ3n) is 2.18. The minimum atomic E-state index is -0.330. The van der Waals surface area contributed by atoms with Crippen molar-refractivity contribution < 1.29 is 9.13 Å². The quantitative estimate of drug-likeness (QED) is 0.645.